The molecule has 4 aliphatic rings. The quantitative estimate of drug-likeness (QED) is 0.807. The van der Waals surface area contributed by atoms with E-state index in [-0.39, 0.29) is 16.7 Å². The van der Waals surface area contributed by atoms with Crippen LogP contribution < -0.4 is 0 Å². The molecule has 3 aliphatic heterocycles. The molecule has 1 spiro atoms. The third-order valence-electron chi connectivity index (χ3n) is 7.36. The first-order valence-electron chi connectivity index (χ1n) is 10.4. The van der Waals surface area contributed by atoms with E-state index < -0.39 is 6.09 Å². The number of hydrogen-bond donors (Lipinski definition) is 1. The summed E-state index contributed by atoms with van der Waals surface area (Å²) in [4.78, 5) is 29.6. The Kier molecular flexibility index (Phi) is 4.87. The molecule has 0 unspecified atom stereocenters. The van der Waals surface area contributed by atoms with Crippen molar-refractivity contribution in [1.82, 2.24) is 14.7 Å². The summed E-state index contributed by atoms with van der Waals surface area (Å²) in [7, 11) is 0. The number of carbonyl (C=O) groups is 2. The number of carbonyl (C=O) groups excluding carboxylic acids is 1. The topological polar surface area (TPSA) is 73.3 Å². The fraction of sp³-hybridized carbons (Fsp3) is 0.900. The molecule has 0 radical (unpaired) electrons. The second-order valence-corrected chi connectivity index (χ2v) is 9.73. The number of carboxylic acid groups (broad SMARTS) is 1. The molecule has 4 fully saturated rings. The number of amides is 2. The second kappa shape index (κ2) is 6.92. The summed E-state index contributed by atoms with van der Waals surface area (Å²) in [5.41, 5.74) is 0.367. The van der Waals surface area contributed by atoms with Gasteiger partial charge >= 0.3 is 6.09 Å². The summed E-state index contributed by atoms with van der Waals surface area (Å²) >= 11 is 0. The Morgan fingerprint density at radius 1 is 1.19 bits per heavy atom. The molecule has 0 atom stereocenters. The minimum Gasteiger partial charge on any atom is -0.465 e. The van der Waals surface area contributed by atoms with Crippen LogP contribution in [0.3, 0.4) is 0 Å². The van der Waals surface area contributed by atoms with Crippen LogP contribution in [-0.4, -0.2) is 89.8 Å². The van der Waals surface area contributed by atoms with Crippen molar-refractivity contribution in [2.24, 2.45) is 10.8 Å². The van der Waals surface area contributed by atoms with E-state index in [2.05, 4.69) is 16.7 Å². The monoisotopic (exact) mass is 379 g/mol. The van der Waals surface area contributed by atoms with Crippen molar-refractivity contribution in [2.45, 2.75) is 58.0 Å². The van der Waals surface area contributed by atoms with Crippen molar-refractivity contribution < 1.29 is 19.4 Å². The van der Waals surface area contributed by atoms with Gasteiger partial charge < -0.3 is 24.5 Å². The molecule has 1 aliphatic carbocycles. The van der Waals surface area contributed by atoms with E-state index in [0.717, 1.165) is 65.0 Å². The van der Waals surface area contributed by atoms with E-state index in [1.165, 1.54) is 0 Å². The van der Waals surface area contributed by atoms with Gasteiger partial charge in [0.15, 0.2) is 0 Å². The highest BCUT2D eigenvalue weighted by molar-refractivity contribution is 5.73. The highest BCUT2D eigenvalue weighted by Crippen LogP contribution is 2.50. The molecule has 0 aromatic carbocycles. The lowest BCUT2D eigenvalue weighted by Gasteiger charge is -2.52. The van der Waals surface area contributed by atoms with Crippen LogP contribution in [0.1, 0.15) is 46.0 Å². The van der Waals surface area contributed by atoms with Gasteiger partial charge in [0.25, 0.3) is 0 Å². The normalized spacial score (nSPS) is 33.6. The minimum atomic E-state index is -0.772. The van der Waals surface area contributed by atoms with Gasteiger partial charge in [-0.1, -0.05) is 6.92 Å². The predicted molar refractivity (Wildman–Crippen MR) is 101 cm³/mol. The summed E-state index contributed by atoms with van der Waals surface area (Å²) in [5, 5.41) is 9.18. The Hall–Kier alpha value is -1.34. The first-order valence-corrected chi connectivity index (χ1v) is 10.4. The van der Waals surface area contributed by atoms with E-state index in [0.29, 0.717) is 25.2 Å². The largest absolute Gasteiger partial charge is 0.465 e. The summed E-state index contributed by atoms with van der Waals surface area (Å²) in [6, 6.07) is 0.946. The number of ether oxygens (including phenoxy) is 1. The first-order chi connectivity index (χ1) is 12.8. The summed E-state index contributed by atoms with van der Waals surface area (Å²) in [6.07, 6.45) is 4.60. The van der Waals surface area contributed by atoms with Crippen molar-refractivity contribution in [3.63, 3.8) is 0 Å². The third kappa shape index (κ3) is 3.68. The van der Waals surface area contributed by atoms with Gasteiger partial charge in [-0.05, 0) is 37.5 Å². The van der Waals surface area contributed by atoms with Gasteiger partial charge in [-0.15, -0.1) is 0 Å². The third-order valence-corrected chi connectivity index (χ3v) is 7.36. The molecule has 3 heterocycles. The van der Waals surface area contributed by atoms with Gasteiger partial charge in [0.05, 0.1) is 13.2 Å². The van der Waals surface area contributed by atoms with E-state index >= 15 is 0 Å². The number of hydrogen-bond acceptors (Lipinski definition) is 4. The molecular weight excluding hydrogens is 346 g/mol. The fourth-order valence-electron chi connectivity index (χ4n) is 5.64. The Morgan fingerprint density at radius 3 is 2.33 bits per heavy atom. The lowest BCUT2D eigenvalue weighted by molar-refractivity contribution is -0.148. The van der Waals surface area contributed by atoms with Crippen LogP contribution in [0, 0.1) is 10.8 Å². The second-order valence-electron chi connectivity index (χ2n) is 9.73. The molecule has 7 heteroatoms. The maximum atomic E-state index is 12.2. The zero-order valence-electron chi connectivity index (χ0n) is 16.7. The van der Waals surface area contributed by atoms with Gasteiger partial charge in [-0.2, -0.15) is 0 Å². The lowest BCUT2D eigenvalue weighted by Crippen LogP contribution is -2.58. The van der Waals surface area contributed by atoms with E-state index in [1.807, 2.05) is 0 Å². The summed E-state index contributed by atoms with van der Waals surface area (Å²) in [5.74, 6) is 0.184. The zero-order valence-corrected chi connectivity index (χ0v) is 16.7. The Morgan fingerprint density at radius 2 is 1.85 bits per heavy atom. The molecular formula is C20H33N3O4. The smallest absolute Gasteiger partial charge is 0.407 e. The molecule has 4 rings (SSSR count). The molecule has 0 aromatic rings. The van der Waals surface area contributed by atoms with Crippen molar-refractivity contribution in [1.29, 1.82) is 0 Å². The van der Waals surface area contributed by atoms with E-state index in [1.54, 1.807) is 11.8 Å². The van der Waals surface area contributed by atoms with Gasteiger partial charge in [-0.25, -0.2) is 4.79 Å². The van der Waals surface area contributed by atoms with Crippen LogP contribution in [-0.2, 0) is 9.53 Å². The Balaban J connectivity index is 1.26. The molecule has 2 amide bonds. The molecule has 7 nitrogen and oxygen atoms in total. The minimum absolute atomic E-state index is 0.127. The average molecular weight is 380 g/mol. The molecule has 3 saturated heterocycles. The summed E-state index contributed by atoms with van der Waals surface area (Å²) in [6.45, 7) is 9.73. The number of rotatable bonds is 4. The van der Waals surface area contributed by atoms with Crippen LogP contribution in [0.4, 0.5) is 4.79 Å². The number of likely N-dealkylation sites (tertiary alicyclic amines) is 2. The van der Waals surface area contributed by atoms with Gasteiger partial charge in [0.2, 0.25) is 5.91 Å². The average Bonchev–Trinajstić information content (AvgIpc) is 3.03. The highest BCUT2D eigenvalue weighted by atomic mass is 16.5. The summed E-state index contributed by atoms with van der Waals surface area (Å²) < 4.78 is 5.36. The Bertz CT molecular complexity index is 592. The van der Waals surface area contributed by atoms with Crippen LogP contribution in [0.15, 0.2) is 0 Å². The molecule has 27 heavy (non-hydrogen) atoms. The van der Waals surface area contributed by atoms with Crippen LogP contribution >= 0.6 is 0 Å². The molecule has 0 aromatic heterocycles. The van der Waals surface area contributed by atoms with Crippen molar-refractivity contribution in [3.8, 4) is 0 Å². The first kappa shape index (κ1) is 19.0. The highest BCUT2D eigenvalue weighted by Gasteiger charge is 2.51. The van der Waals surface area contributed by atoms with E-state index in [9.17, 15) is 14.7 Å². The maximum absolute atomic E-state index is 12.2. The van der Waals surface area contributed by atoms with Gasteiger partial charge in [-0.3, -0.25) is 4.79 Å². The van der Waals surface area contributed by atoms with Crippen LogP contribution in [0.5, 0.6) is 0 Å². The van der Waals surface area contributed by atoms with E-state index in [4.69, 9.17) is 4.74 Å². The fourth-order valence-corrected chi connectivity index (χ4v) is 5.64. The van der Waals surface area contributed by atoms with Crippen LogP contribution in [0.2, 0.25) is 0 Å². The standard InChI is InChI=1S/C20H33N3O4/c1-15(24)23(11-19(2)13-27-14-19)16-3-6-21(7-4-16)17-9-20(10-17)5-8-22(12-20)18(25)26/h16-17H,3-14H2,1-2H3,(H,25,26). The van der Waals surface area contributed by atoms with Crippen LogP contribution in [0.25, 0.3) is 0 Å². The van der Waals surface area contributed by atoms with Gasteiger partial charge in [0.1, 0.15) is 0 Å². The molecule has 0 bridgehead atoms. The SMILES string of the molecule is CC(=O)N(CC1(C)COC1)C1CCN(C2CC3(CCN(C(=O)O)C3)C2)CC1. The zero-order chi connectivity index (χ0) is 19.2. The maximum Gasteiger partial charge on any atom is 0.407 e. The van der Waals surface area contributed by atoms with Crippen molar-refractivity contribution in [2.75, 3.05) is 45.9 Å². The molecule has 1 N–H and O–H groups in total. The van der Waals surface area contributed by atoms with Crippen molar-refractivity contribution >= 4 is 12.0 Å². The number of nitrogens with zero attached hydrogens (tertiary/aromatic N) is 3. The Labute approximate surface area is 161 Å². The van der Waals surface area contributed by atoms with Gasteiger partial charge in [0, 0.05) is 57.1 Å². The number of piperidine rings is 1. The molecule has 1 saturated carbocycles. The lowest BCUT2D eigenvalue weighted by atomic mass is 9.64. The molecule has 152 valence electrons. The predicted octanol–water partition coefficient (Wildman–Crippen LogP) is 1.87. The van der Waals surface area contributed by atoms with Crippen molar-refractivity contribution in [3.05, 3.63) is 0 Å².